The molecule has 0 saturated heterocycles. The van der Waals surface area contributed by atoms with Crippen LogP contribution in [0.5, 0.6) is 0 Å². The SMILES string of the molecule is C/C=C/C=C/C(=O)NCC#Cc1ccccc1. The van der Waals surface area contributed by atoms with Crippen molar-refractivity contribution in [3.8, 4) is 11.8 Å². The second-order valence-corrected chi connectivity index (χ2v) is 3.27. The first-order valence-electron chi connectivity index (χ1n) is 5.44. The number of hydrogen-bond acceptors (Lipinski definition) is 1. The lowest BCUT2D eigenvalue weighted by atomic mass is 10.2. The molecule has 0 aliphatic heterocycles. The summed E-state index contributed by atoms with van der Waals surface area (Å²) in [4.78, 5) is 11.2. The van der Waals surface area contributed by atoms with Gasteiger partial charge in [0.2, 0.25) is 5.91 Å². The zero-order chi connectivity index (χ0) is 12.3. The molecule has 1 aromatic rings. The number of amides is 1. The van der Waals surface area contributed by atoms with Crippen molar-refractivity contribution in [2.45, 2.75) is 6.92 Å². The Labute approximate surface area is 102 Å². The molecule has 0 aromatic heterocycles. The fourth-order valence-corrected chi connectivity index (χ4v) is 1.11. The summed E-state index contributed by atoms with van der Waals surface area (Å²) >= 11 is 0. The fraction of sp³-hybridized carbons (Fsp3) is 0.133. The van der Waals surface area contributed by atoms with Gasteiger partial charge in [-0.2, -0.15) is 0 Å². The number of nitrogens with one attached hydrogen (secondary N) is 1. The molecule has 0 radical (unpaired) electrons. The Morgan fingerprint density at radius 2 is 2.06 bits per heavy atom. The smallest absolute Gasteiger partial charge is 0.244 e. The summed E-state index contributed by atoms with van der Waals surface area (Å²) in [5.74, 6) is 5.72. The maximum Gasteiger partial charge on any atom is 0.244 e. The van der Waals surface area contributed by atoms with Crippen molar-refractivity contribution in [2.24, 2.45) is 0 Å². The summed E-state index contributed by atoms with van der Waals surface area (Å²) in [6.45, 7) is 2.25. The molecule has 2 heteroatoms. The lowest BCUT2D eigenvalue weighted by molar-refractivity contribution is -0.116. The summed E-state index contributed by atoms with van der Waals surface area (Å²) in [7, 11) is 0. The van der Waals surface area contributed by atoms with Crippen molar-refractivity contribution in [1.82, 2.24) is 5.32 Å². The third-order valence-corrected chi connectivity index (χ3v) is 1.91. The van der Waals surface area contributed by atoms with Crippen LogP contribution < -0.4 is 5.32 Å². The highest BCUT2D eigenvalue weighted by Gasteiger charge is 1.89. The predicted molar refractivity (Wildman–Crippen MR) is 70.3 cm³/mol. The van der Waals surface area contributed by atoms with E-state index in [9.17, 15) is 4.79 Å². The molecule has 0 aliphatic carbocycles. The summed E-state index contributed by atoms with van der Waals surface area (Å²) in [5.41, 5.74) is 0.950. The first kappa shape index (κ1) is 12.8. The van der Waals surface area contributed by atoms with E-state index in [0.717, 1.165) is 5.56 Å². The third-order valence-electron chi connectivity index (χ3n) is 1.91. The van der Waals surface area contributed by atoms with Crippen LogP contribution in [-0.4, -0.2) is 12.5 Å². The van der Waals surface area contributed by atoms with Crippen LogP contribution in [0.1, 0.15) is 12.5 Å². The van der Waals surface area contributed by atoms with E-state index in [0.29, 0.717) is 6.54 Å². The molecule has 0 saturated carbocycles. The van der Waals surface area contributed by atoms with Crippen LogP contribution in [0, 0.1) is 11.8 Å². The van der Waals surface area contributed by atoms with Crippen LogP contribution >= 0.6 is 0 Å². The largest absolute Gasteiger partial charge is 0.342 e. The van der Waals surface area contributed by atoms with Crippen molar-refractivity contribution in [1.29, 1.82) is 0 Å². The Morgan fingerprint density at radius 3 is 2.76 bits per heavy atom. The monoisotopic (exact) mass is 225 g/mol. The maximum atomic E-state index is 11.2. The highest BCUT2D eigenvalue weighted by Crippen LogP contribution is 1.94. The van der Waals surface area contributed by atoms with Crippen molar-refractivity contribution in [3.63, 3.8) is 0 Å². The number of carbonyl (C=O) groups is 1. The number of hydrogen-bond donors (Lipinski definition) is 1. The summed E-state index contributed by atoms with van der Waals surface area (Å²) < 4.78 is 0. The molecule has 86 valence electrons. The van der Waals surface area contributed by atoms with Gasteiger partial charge >= 0.3 is 0 Å². The molecule has 1 N–H and O–H groups in total. The van der Waals surface area contributed by atoms with E-state index in [1.54, 1.807) is 12.2 Å². The molecule has 2 nitrogen and oxygen atoms in total. The molecular weight excluding hydrogens is 210 g/mol. The van der Waals surface area contributed by atoms with Gasteiger partial charge in [0.1, 0.15) is 0 Å². The Bertz CT molecular complexity index is 461. The minimum absolute atomic E-state index is 0.134. The third kappa shape index (κ3) is 6.01. The molecule has 1 rings (SSSR count). The van der Waals surface area contributed by atoms with Gasteiger partial charge in [-0.25, -0.2) is 0 Å². The molecule has 0 unspecified atom stereocenters. The van der Waals surface area contributed by atoms with Gasteiger partial charge in [0, 0.05) is 11.6 Å². The molecule has 1 aromatic carbocycles. The number of rotatable bonds is 3. The molecule has 1 amide bonds. The number of benzene rings is 1. The van der Waals surface area contributed by atoms with Crippen LogP contribution in [0.25, 0.3) is 0 Å². The molecule has 17 heavy (non-hydrogen) atoms. The van der Waals surface area contributed by atoms with Crippen molar-refractivity contribution >= 4 is 5.91 Å². The Hall–Kier alpha value is -2.27. The zero-order valence-corrected chi connectivity index (χ0v) is 9.81. The topological polar surface area (TPSA) is 29.1 Å². The Balaban J connectivity index is 2.33. The van der Waals surface area contributed by atoms with Gasteiger partial charge in [-0.15, -0.1) is 0 Å². The second kappa shape index (κ2) is 7.95. The van der Waals surface area contributed by atoms with Gasteiger partial charge in [-0.3, -0.25) is 4.79 Å². The van der Waals surface area contributed by atoms with Gasteiger partial charge in [0.25, 0.3) is 0 Å². The molecule has 0 atom stereocenters. The van der Waals surface area contributed by atoms with E-state index >= 15 is 0 Å². The molecule has 0 aliphatic rings. The lowest BCUT2D eigenvalue weighted by Gasteiger charge is -1.93. The number of carbonyl (C=O) groups excluding carboxylic acids is 1. The van der Waals surface area contributed by atoms with Crippen molar-refractivity contribution in [2.75, 3.05) is 6.54 Å². The van der Waals surface area contributed by atoms with E-state index in [4.69, 9.17) is 0 Å². The van der Waals surface area contributed by atoms with Crippen LogP contribution in [-0.2, 0) is 4.79 Å². The van der Waals surface area contributed by atoms with Crippen LogP contribution in [0.3, 0.4) is 0 Å². The molecule has 0 spiro atoms. The highest BCUT2D eigenvalue weighted by atomic mass is 16.1. The normalized spacial score (nSPS) is 10.2. The van der Waals surface area contributed by atoms with Crippen LogP contribution in [0.4, 0.5) is 0 Å². The Kier molecular flexibility index (Phi) is 5.98. The minimum Gasteiger partial charge on any atom is -0.342 e. The van der Waals surface area contributed by atoms with E-state index < -0.39 is 0 Å². The quantitative estimate of drug-likeness (QED) is 0.477. The molecular formula is C15H15NO. The highest BCUT2D eigenvalue weighted by molar-refractivity contribution is 5.87. The standard InChI is InChI=1S/C15H15NO/c1-2-3-5-12-15(17)16-13-8-11-14-9-6-4-7-10-14/h2-7,9-10,12H,13H2,1H3,(H,16,17)/b3-2+,12-5+. The van der Waals surface area contributed by atoms with E-state index in [2.05, 4.69) is 17.2 Å². The zero-order valence-electron chi connectivity index (χ0n) is 9.81. The predicted octanol–water partition coefficient (Wildman–Crippen LogP) is 2.29. The summed E-state index contributed by atoms with van der Waals surface area (Å²) in [6.07, 6.45) is 6.83. The first-order valence-corrected chi connectivity index (χ1v) is 5.44. The van der Waals surface area contributed by atoms with Crippen molar-refractivity contribution in [3.05, 3.63) is 60.2 Å². The van der Waals surface area contributed by atoms with Gasteiger partial charge in [-0.05, 0) is 19.1 Å². The lowest BCUT2D eigenvalue weighted by Crippen LogP contribution is -2.20. The number of allylic oxidation sites excluding steroid dienone is 3. The van der Waals surface area contributed by atoms with Gasteiger partial charge in [-0.1, -0.05) is 48.3 Å². The van der Waals surface area contributed by atoms with Gasteiger partial charge in [0.15, 0.2) is 0 Å². The Morgan fingerprint density at radius 1 is 1.29 bits per heavy atom. The maximum absolute atomic E-state index is 11.2. The first-order chi connectivity index (χ1) is 8.33. The van der Waals surface area contributed by atoms with Crippen molar-refractivity contribution < 1.29 is 4.79 Å². The van der Waals surface area contributed by atoms with E-state index in [-0.39, 0.29) is 5.91 Å². The van der Waals surface area contributed by atoms with E-state index in [1.807, 2.05) is 43.3 Å². The minimum atomic E-state index is -0.134. The van der Waals surface area contributed by atoms with Crippen LogP contribution in [0.15, 0.2) is 54.6 Å². The molecule has 0 fully saturated rings. The van der Waals surface area contributed by atoms with Gasteiger partial charge in [0.05, 0.1) is 6.54 Å². The average molecular weight is 225 g/mol. The van der Waals surface area contributed by atoms with Gasteiger partial charge < -0.3 is 5.32 Å². The molecule has 0 bridgehead atoms. The molecule has 0 heterocycles. The summed E-state index contributed by atoms with van der Waals surface area (Å²) in [6, 6.07) is 9.67. The average Bonchev–Trinajstić information content (AvgIpc) is 2.36. The van der Waals surface area contributed by atoms with E-state index in [1.165, 1.54) is 6.08 Å². The summed E-state index contributed by atoms with van der Waals surface area (Å²) in [5, 5.41) is 2.68. The van der Waals surface area contributed by atoms with Crippen LogP contribution in [0.2, 0.25) is 0 Å². The fourth-order valence-electron chi connectivity index (χ4n) is 1.11. The second-order valence-electron chi connectivity index (χ2n) is 3.27.